The number of esters is 1. The smallest absolute Gasteiger partial charge is 0.337 e. The van der Waals surface area contributed by atoms with Crippen LogP contribution in [0.3, 0.4) is 0 Å². The Hall–Kier alpha value is -1.61. The number of hydroxylamine groups is 1. The summed E-state index contributed by atoms with van der Waals surface area (Å²) in [7, 11) is 2.61. The molecule has 0 spiro atoms. The lowest BCUT2D eigenvalue weighted by Gasteiger charge is -2.09. The van der Waals surface area contributed by atoms with E-state index in [2.05, 4.69) is 4.74 Å². The number of nitrogens with one attached hydrogen (secondary N) is 1. The van der Waals surface area contributed by atoms with Gasteiger partial charge < -0.3 is 14.5 Å². The second kappa shape index (κ2) is 8.48. The van der Waals surface area contributed by atoms with Crippen LogP contribution in [0.15, 0.2) is 23.1 Å². The van der Waals surface area contributed by atoms with Gasteiger partial charge in [-0.15, -0.1) is 0 Å². The molecule has 0 bridgehead atoms. The van der Waals surface area contributed by atoms with E-state index >= 15 is 0 Å². The lowest BCUT2D eigenvalue weighted by Crippen LogP contribution is -2.05. The fourth-order valence-electron chi connectivity index (χ4n) is 1.13. The van der Waals surface area contributed by atoms with Gasteiger partial charge in [-0.3, -0.25) is 9.00 Å². The van der Waals surface area contributed by atoms with Crippen molar-refractivity contribution in [3.63, 3.8) is 0 Å². The standard InChI is InChI=1S/C10H10O5S.CH5NO/c1-6(11)7-3-8(10(12)15-2)5-9(4-7)16(13)14;1-2-3/h3-5H,1-2H3,(H,13,14);2-3H,1H3/p-1. The molecule has 1 rings (SSSR count). The summed E-state index contributed by atoms with van der Waals surface area (Å²) in [4.78, 5) is 22.2. The average molecular weight is 288 g/mol. The maximum Gasteiger partial charge on any atom is 0.337 e. The normalized spacial score (nSPS) is 11.0. The van der Waals surface area contributed by atoms with Crippen molar-refractivity contribution in [1.29, 1.82) is 0 Å². The van der Waals surface area contributed by atoms with Gasteiger partial charge >= 0.3 is 5.97 Å². The zero-order valence-corrected chi connectivity index (χ0v) is 11.4. The van der Waals surface area contributed by atoms with Gasteiger partial charge in [0.15, 0.2) is 5.78 Å². The SMILES string of the molecule is CNO.COC(=O)c1cc(C(C)=O)cc(S(=O)[O-])c1. The number of benzene rings is 1. The third-order valence-corrected chi connectivity index (χ3v) is 2.55. The number of hydrogen-bond acceptors (Lipinski definition) is 7. The number of ketones is 1. The number of carbonyl (C=O) groups excluding carboxylic acids is 2. The highest BCUT2D eigenvalue weighted by Crippen LogP contribution is 2.14. The summed E-state index contributed by atoms with van der Waals surface area (Å²) >= 11 is -2.49. The second-order valence-electron chi connectivity index (χ2n) is 3.25. The van der Waals surface area contributed by atoms with Gasteiger partial charge in [0.05, 0.1) is 12.7 Å². The second-order valence-corrected chi connectivity index (χ2v) is 4.19. The molecule has 0 amide bonds. The molecule has 1 unspecified atom stereocenters. The maximum atomic E-state index is 11.2. The third kappa shape index (κ3) is 5.71. The Morgan fingerprint density at radius 1 is 1.32 bits per heavy atom. The monoisotopic (exact) mass is 288 g/mol. The van der Waals surface area contributed by atoms with Gasteiger partial charge in [-0.25, -0.2) is 10.3 Å². The predicted molar refractivity (Wildman–Crippen MR) is 65.8 cm³/mol. The highest BCUT2D eigenvalue weighted by molar-refractivity contribution is 7.79. The van der Waals surface area contributed by atoms with Crippen LogP contribution in [0.4, 0.5) is 0 Å². The molecule has 0 heterocycles. The first-order valence-corrected chi connectivity index (χ1v) is 6.09. The molecule has 0 saturated heterocycles. The summed E-state index contributed by atoms with van der Waals surface area (Å²) in [5, 5.41) is 7.32. The van der Waals surface area contributed by atoms with Crippen molar-refractivity contribution >= 4 is 22.8 Å². The van der Waals surface area contributed by atoms with Crippen LogP contribution in [0.1, 0.15) is 27.6 Å². The van der Waals surface area contributed by atoms with E-state index in [0.29, 0.717) is 0 Å². The van der Waals surface area contributed by atoms with E-state index in [1.165, 1.54) is 33.2 Å². The molecule has 0 aliphatic rings. The van der Waals surface area contributed by atoms with Crippen LogP contribution in [-0.2, 0) is 15.8 Å². The predicted octanol–water partition coefficient (Wildman–Crippen LogP) is 0.509. The fraction of sp³-hybridized carbons (Fsp3) is 0.273. The number of rotatable bonds is 3. The molecule has 0 fully saturated rings. The van der Waals surface area contributed by atoms with E-state index in [1.54, 1.807) is 5.48 Å². The minimum absolute atomic E-state index is 0.0365. The fourth-order valence-corrected chi connectivity index (χ4v) is 1.58. The van der Waals surface area contributed by atoms with Crippen molar-refractivity contribution in [2.75, 3.05) is 14.2 Å². The Morgan fingerprint density at radius 2 is 1.79 bits per heavy atom. The topological polar surface area (TPSA) is 116 Å². The summed E-state index contributed by atoms with van der Waals surface area (Å²) in [5.74, 6) is -1.01. The minimum atomic E-state index is -2.49. The van der Waals surface area contributed by atoms with Crippen molar-refractivity contribution < 1.29 is 28.3 Å². The summed E-state index contributed by atoms with van der Waals surface area (Å²) in [6.07, 6.45) is 0. The van der Waals surface area contributed by atoms with Gasteiger partial charge in [-0.2, -0.15) is 0 Å². The van der Waals surface area contributed by atoms with Crippen LogP contribution >= 0.6 is 0 Å². The lowest BCUT2D eigenvalue weighted by atomic mass is 10.1. The van der Waals surface area contributed by atoms with Gasteiger partial charge in [0.25, 0.3) is 0 Å². The van der Waals surface area contributed by atoms with Crippen molar-refractivity contribution in [2.24, 2.45) is 0 Å². The molecule has 0 aliphatic heterocycles. The van der Waals surface area contributed by atoms with Crippen molar-refractivity contribution in [2.45, 2.75) is 11.8 Å². The summed E-state index contributed by atoms with van der Waals surface area (Å²) in [5.41, 5.74) is 1.94. The van der Waals surface area contributed by atoms with E-state index < -0.39 is 17.0 Å². The molecule has 7 nitrogen and oxygen atoms in total. The number of methoxy groups -OCH3 is 1. The first-order valence-electron chi connectivity index (χ1n) is 5.01. The molecule has 0 saturated carbocycles. The molecule has 0 aromatic heterocycles. The van der Waals surface area contributed by atoms with Gasteiger partial charge in [-0.05, 0) is 36.2 Å². The molecule has 1 atom stereocenters. The molecular weight excluding hydrogens is 274 g/mol. The van der Waals surface area contributed by atoms with Crippen LogP contribution in [0.25, 0.3) is 0 Å². The van der Waals surface area contributed by atoms with Gasteiger partial charge in [0, 0.05) is 17.5 Å². The molecule has 106 valence electrons. The van der Waals surface area contributed by atoms with Crippen molar-refractivity contribution in [1.82, 2.24) is 5.48 Å². The van der Waals surface area contributed by atoms with Gasteiger partial charge in [-0.1, -0.05) is 0 Å². The van der Waals surface area contributed by atoms with Crippen LogP contribution in [0, 0.1) is 0 Å². The number of ether oxygens (including phenoxy) is 1. The van der Waals surface area contributed by atoms with Crippen LogP contribution in [0.2, 0.25) is 0 Å². The minimum Gasteiger partial charge on any atom is -0.768 e. The number of hydrogen-bond donors (Lipinski definition) is 2. The molecule has 19 heavy (non-hydrogen) atoms. The summed E-state index contributed by atoms with van der Waals surface area (Å²) in [6.45, 7) is 1.29. The maximum absolute atomic E-state index is 11.2. The molecule has 0 aliphatic carbocycles. The highest BCUT2D eigenvalue weighted by atomic mass is 32.2. The zero-order chi connectivity index (χ0) is 15.0. The zero-order valence-electron chi connectivity index (χ0n) is 10.6. The Balaban J connectivity index is 0.000000982. The quantitative estimate of drug-likeness (QED) is 0.360. The van der Waals surface area contributed by atoms with Crippen molar-refractivity contribution in [3.8, 4) is 0 Å². The van der Waals surface area contributed by atoms with Crippen LogP contribution in [0.5, 0.6) is 0 Å². The lowest BCUT2D eigenvalue weighted by molar-refractivity contribution is 0.0600. The molecule has 8 heteroatoms. The Kier molecular flexibility index (Phi) is 7.77. The third-order valence-electron chi connectivity index (χ3n) is 1.93. The van der Waals surface area contributed by atoms with Gasteiger partial charge in [0.2, 0.25) is 0 Å². The Labute approximate surface area is 112 Å². The molecule has 1 aromatic rings. The first kappa shape index (κ1) is 17.4. The molecule has 2 N–H and O–H groups in total. The molecule has 1 aromatic carbocycles. The number of Topliss-reactive ketones (excluding diaryl/α,β-unsaturated/α-hetero) is 1. The Morgan fingerprint density at radius 3 is 2.16 bits per heavy atom. The Bertz CT molecular complexity index is 456. The average Bonchev–Trinajstić information content (AvgIpc) is 2.38. The van der Waals surface area contributed by atoms with E-state index in [4.69, 9.17) is 5.21 Å². The van der Waals surface area contributed by atoms with E-state index in [0.717, 1.165) is 6.07 Å². The van der Waals surface area contributed by atoms with E-state index in [9.17, 15) is 18.4 Å². The molecule has 0 radical (unpaired) electrons. The summed E-state index contributed by atoms with van der Waals surface area (Å²) in [6, 6.07) is 3.66. The summed E-state index contributed by atoms with van der Waals surface area (Å²) < 4.78 is 26.0. The van der Waals surface area contributed by atoms with Crippen LogP contribution < -0.4 is 5.48 Å². The van der Waals surface area contributed by atoms with Crippen LogP contribution in [-0.4, -0.2) is 39.9 Å². The van der Waals surface area contributed by atoms with E-state index in [-0.39, 0.29) is 21.8 Å². The van der Waals surface area contributed by atoms with Crippen molar-refractivity contribution in [3.05, 3.63) is 29.3 Å². The largest absolute Gasteiger partial charge is 0.768 e. The van der Waals surface area contributed by atoms with Gasteiger partial charge in [0.1, 0.15) is 0 Å². The van der Waals surface area contributed by atoms with E-state index in [1.807, 2.05) is 0 Å². The molecular formula is C11H14NO6S-. The highest BCUT2D eigenvalue weighted by Gasteiger charge is 2.11. The first-order chi connectivity index (χ1) is 8.87. The number of carbonyl (C=O) groups is 2.